The molecule has 0 saturated heterocycles. The van der Waals surface area contributed by atoms with Gasteiger partial charge in [0.25, 0.3) is 0 Å². The van der Waals surface area contributed by atoms with Gasteiger partial charge in [0, 0.05) is 19.3 Å². The Labute approximate surface area is 421 Å². The molecule has 0 aromatic heterocycles. The molecule has 6 nitrogen and oxygen atoms in total. The van der Waals surface area contributed by atoms with Gasteiger partial charge >= 0.3 is 17.9 Å². The van der Waals surface area contributed by atoms with Crippen LogP contribution in [0.4, 0.5) is 0 Å². The van der Waals surface area contributed by atoms with Gasteiger partial charge in [-0.15, -0.1) is 0 Å². The largest absolute Gasteiger partial charge is 0.462 e. The highest BCUT2D eigenvalue weighted by molar-refractivity contribution is 5.71. The summed E-state index contributed by atoms with van der Waals surface area (Å²) in [6.45, 7) is 6.52. The second kappa shape index (κ2) is 56.7. The summed E-state index contributed by atoms with van der Waals surface area (Å²) in [5.41, 5.74) is 0. The first-order valence-corrected chi connectivity index (χ1v) is 29.3. The van der Waals surface area contributed by atoms with Crippen LogP contribution in [0.25, 0.3) is 0 Å². The van der Waals surface area contributed by atoms with Crippen molar-refractivity contribution in [3.8, 4) is 0 Å². The van der Waals surface area contributed by atoms with Crippen LogP contribution in [0.1, 0.15) is 297 Å². The Balaban J connectivity index is 4.39. The quantitative estimate of drug-likeness (QED) is 0.0199. The summed E-state index contributed by atoms with van der Waals surface area (Å²) in [5.74, 6) is -0.896. The summed E-state index contributed by atoms with van der Waals surface area (Å²) < 4.78 is 16.9. The van der Waals surface area contributed by atoms with Gasteiger partial charge in [-0.25, -0.2) is 0 Å². The molecular formula is C62H110O6. The lowest BCUT2D eigenvalue weighted by atomic mass is 10.1. The van der Waals surface area contributed by atoms with E-state index in [2.05, 4.69) is 81.5 Å². The van der Waals surface area contributed by atoms with E-state index in [4.69, 9.17) is 14.2 Å². The van der Waals surface area contributed by atoms with Crippen LogP contribution in [-0.4, -0.2) is 37.2 Å². The molecule has 0 fully saturated rings. The number of esters is 3. The van der Waals surface area contributed by atoms with Crippen molar-refractivity contribution in [2.75, 3.05) is 13.2 Å². The molecule has 0 spiro atoms. The minimum atomic E-state index is -0.785. The van der Waals surface area contributed by atoms with E-state index in [1.54, 1.807) is 0 Å². The highest BCUT2D eigenvalue weighted by Crippen LogP contribution is 2.16. The first kappa shape index (κ1) is 65.1. The van der Waals surface area contributed by atoms with E-state index in [9.17, 15) is 14.4 Å². The number of hydrogen-bond acceptors (Lipinski definition) is 6. The van der Waals surface area contributed by atoms with Crippen molar-refractivity contribution < 1.29 is 28.6 Å². The summed E-state index contributed by atoms with van der Waals surface area (Å²) >= 11 is 0. The third kappa shape index (κ3) is 54.1. The Bertz CT molecular complexity index is 1230. The van der Waals surface area contributed by atoms with Gasteiger partial charge < -0.3 is 14.2 Å². The average molecular weight is 952 g/mol. The Morgan fingerprint density at radius 2 is 0.588 bits per heavy atom. The number of carbonyl (C=O) groups excluding carboxylic acids is 3. The van der Waals surface area contributed by atoms with E-state index < -0.39 is 6.10 Å². The number of carbonyl (C=O) groups is 3. The van der Waals surface area contributed by atoms with Crippen LogP contribution >= 0.6 is 0 Å². The second-order valence-corrected chi connectivity index (χ2v) is 19.6. The lowest BCUT2D eigenvalue weighted by Crippen LogP contribution is -2.30. The summed E-state index contributed by atoms with van der Waals surface area (Å²) in [6, 6.07) is 0. The molecule has 0 aromatic rings. The zero-order valence-electron chi connectivity index (χ0n) is 45.1. The smallest absolute Gasteiger partial charge is 0.306 e. The molecule has 6 heteroatoms. The average Bonchev–Trinajstić information content (AvgIpc) is 3.34. The number of rotatable bonds is 53. The van der Waals surface area contributed by atoms with Gasteiger partial charge in [0.05, 0.1) is 0 Å². The number of unbranched alkanes of at least 4 members (excludes halogenated alkanes) is 34. The summed E-state index contributed by atoms with van der Waals surface area (Å²) in [4.78, 5) is 38.2. The molecule has 1 atom stereocenters. The standard InChI is InChI=1S/C62H110O6/c1-4-7-10-13-16-19-22-25-28-30-32-34-37-40-43-46-49-52-55-61(64)67-58-59(57-66-60(63)54-51-48-45-42-39-36-33-27-24-21-18-15-12-9-6-3)68-62(65)56-53-50-47-44-41-38-35-31-29-26-23-20-17-14-11-8-5-2/h9,12,15,18,21,24,26,29,32,34,59H,4-8,10-11,13-14,16-17,19-20,22-23,25,27-28,30-31,33,35-58H2,1-3H3/b12-9-,18-15-,24-21-,29-26-,34-32-. The molecule has 0 aliphatic rings. The minimum Gasteiger partial charge on any atom is -0.462 e. The predicted molar refractivity (Wildman–Crippen MR) is 293 cm³/mol. The van der Waals surface area contributed by atoms with Crippen molar-refractivity contribution in [1.29, 1.82) is 0 Å². The number of allylic oxidation sites excluding steroid dienone is 10. The van der Waals surface area contributed by atoms with Crippen LogP contribution in [0.2, 0.25) is 0 Å². The van der Waals surface area contributed by atoms with Crippen LogP contribution in [-0.2, 0) is 28.6 Å². The third-order valence-corrected chi connectivity index (χ3v) is 12.8. The molecule has 68 heavy (non-hydrogen) atoms. The fraction of sp³-hybridized carbons (Fsp3) is 0.790. The maximum atomic E-state index is 12.9. The van der Waals surface area contributed by atoms with Gasteiger partial charge in [-0.1, -0.05) is 248 Å². The van der Waals surface area contributed by atoms with E-state index >= 15 is 0 Å². The van der Waals surface area contributed by atoms with E-state index in [1.165, 1.54) is 180 Å². The highest BCUT2D eigenvalue weighted by atomic mass is 16.6. The maximum absolute atomic E-state index is 12.9. The van der Waals surface area contributed by atoms with Crippen LogP contribution in [0, 0.1) is 0 Å². The van der Waals surface area contributed by atoms with Crippen molar-refractivity contribution in [2.24, 2.45) is 0 Å². The molecule has 0 saturated carbocycles. The van der Waals surface area contributed by atoms with Gasteiger partial charge in [0.2, 0.25) is 0 Å². The molecule has 1 unspecified atom stereocenters. The highest BCUT2D eigenvalue weighted by Gasteiger charge is 2.19. The van der Waals surface area contributed by atoms with Crippen molar-refractivity contribution in [3.05, 3.63) is 60.8 Å². The maximum Gasteiger partial charge on any atom is 0.306 e. The first-order valence-electron chi connectivity index (χ1n) is 29.3. The summed E-state index contributed by atoms with van der Waals surface area (Å²) in [7, 11) is 0. The Morgan fingerprint density at radius 3 is 0.926 bits per heavy atom. The molecular weight excluding hydrogens is 841 g/mol. The van der Waals surface area contributed by atoms with Gasteiger partial charge in [0.1, 0.15) is 13.2 Å². The molecule has 0 rings (SSSR count). The Kier molecular flexibility index (Phi) is 54.3. The van der Waals surface area contributed by atoms with E-state index in [1.807, 2.05) is 0 Å². The first-order chi connectivity index (χ1) is 33.5. The topological polar surface area (TPSA) is 78.9 Å². The molecule has 0 aromatic carbocycles. The SMILES string of the molecule is CC\C=C/C=C\C=C/CCCCCCCCCC(=O)OCC(COC(=O)CCCCCCC/C=C\CCCCCCCCCCC)OC(=O)CCCCCCCCC/C=C\CCCCCCCC. The van der Waals surface area contributed by atoms with Gasteiger partial charge in [-0.3, -0.25) is 14.4 Å². The van der Waals surface area contributed by atoms with Gasteiger partial charge in [-0.05, 0) is 89.9 Å². The normalized spacial score (nSPS) is 12.5. The number of hydrogen-bond donors (Lipinski definition) is 0. The van der Waals surface area contributed by atoms with Crippen LogP contribution in [0.15, 0.2) is 60.8 Å². The zero-order valence-corrected chi connectivity index (χ0v) is 45.1. The summed E-state index contributed by atoms with van der Waals surface area (Å²) in [5, 5.41) is 0. The Morgan fingerprint density at radius 1 is 0.309 bits per heavy atom. The second-order valence-electron chi connectivity index (χ2n) is 19.6. The molecule has 0 bridgehead atoms. The van der Waals surface area contributed by atoms with E-state index in [-0.39, 0.29) is 31.1 Å². The fourth-order valence-electron chi connectivity index (χ4n) is 8.37. The van der Waals surface area contributed by atoms with Gasteiger partial charge in [-0.2, -0.15) is 0 Å². The monoisotopic (exact) mass is 951 g/mol. The van der Waals surface area contributed by atoms with Crippen LogP contribution < -0.4 is 0 Å². The van der Waals surface area contributed by atoms with Crippen molar-refractivity contribution >= 4 is 17.9 Å². The Hall–Kier alpha value is -2.89. The number of ether oxygens (including phenoxy) is 3. The van der Waals surface area contributed by atoms with Crippen molar-refractivity contribution in [1.82, 2.24) is 0 Å². The lowest BCUT2D eigenvalue weighted by Gasteiger charge is -2.18. The molecule has 394 valence electrons. The fourth-order valence-corrected chi connectivity index (χ4v) is 8.37. The zero-order chi connectivity index (χ0) is 49.3. The summed E-state index contributed by atoms with van der Waals surface area (Å²) in [6.07, 6.45) is 70.7. The molecule has 0 radical (unpaired) electrons. The molecule has 0 aliphatic carbocycles. The van der Waals surface area contributed by atoms with Crippen molar-refractivity contribution in [3.63, 3.8) is 0 Å². The van der Waals surface area contributed by atoms with Crippen LogP contribution in [0.3, 0.4) is 0 Å². The molecule has 0 amide bonds. The van der Waals surface area contributed by atoms with Crippen molar-refractivity contribution in [2.45, 2.75) is 303 Å². The predicted octanol–water partition coefficient (Wildman–Crippen LogP) is 19.6. The molecule has 0 aliphatic heterocycles. The minimum absolute atomic E-state index is 0.0831. The van der Waals surface area contributed by atoms with E-state index in [0.29, 0.717) is 19.3 Å². The molecule has 0 heterocycles. The lowest BCUT2D eigenvalue weighted by molar-refractivity contribution is -0.167. The molecule has 0 N–H and O–H groups in total. The third-order valence-electron chi connectivity index (χ3n) is 12.8. The van der Waals surface area contributed by atoms with Crippen LogP contribution in [0.5, 0.6) is 0 Å². The van der Waals surface area contributed by atoms with E-state index in [0.717, 1.165) is 77.0 Å². The van der Waals surface area contributed by atoms with Gasteiger partial charge in [0.15, 0.2) is 6.10 Å².